The Morgan fingerprint density at radius 1 is 1.33 bits per heavy atom. The van der Waals surface area contributed by atoms with Crippen LogP contribution in [0, 0.1) is 0 Å². The van der Waals surface area contributed by atoms with E-state index >= 15 is 0 Å². The lowest BCUT2D eigenvalue weighted by Gasteiger charge is -2.18. The number of anilines is 1. The zero-order chi connectivity index (χ0) is 14.7. The minimum absolute atomic E-state index is 0.0218. The molecule has 0 saturated heterocycles. The van der Waals surface area contributed by atoms with Gasteiger partial charge in [0, 0.05) is 6.54 Å². The predicted octanol–water partition coefficient (Wildman–Crippen LogP) is 1.94. The first-order valence-corrected chi connectivity index (χ1v) is 7.48. The largest absolute Gasteiger partial charge is 0.482 e. The molecule has 0 fully saturated rings. The zero-order valence-corrected chi connectivity index (χ0v) is 12.0. The number of ether oxygens (including phenoxy) is 1. The fourth-order valence-corrected chi connectivity index (χ4v) is 2.75. The molecule has 0 unspecified atom stereocenters. The average Bonchev–Trinajstić information content (AvgIpc) is 2.97. The Bertz CT molecular complexity index is 668. The van der Waals surface area contributed by atoms with Crippen LogP contribution in [-0.4, -0.2) is 18.4 Å². The molecule has 21 heavy (non-hydrogen) atoms. The number of carbonyl (C=O) groups excluding carboxylic acids is 2. The minimum atomic E-state index is -0.166. The van der Waals surface area contributed by atoms with Crippen molar-refractivity contribution in [1.29, 1.82) is 0 Å². The van der Waals surface area contributed by atoms with Crippen LogP contribution in [0.4, 0.5) is 5.69 Å². The second kappa shape index (κ2) is 5.97. The molecule has 0 atom stereocenters. The van der Waals surface area contributed by atoms with Crippen LogP contribution in [0.15, 0.2) is 35.0 Å². The Balaban J connectivity index is 1.59. The van der Waals surface area contributed by atoms with Gasteiger partial charge in [0.15, 0.2) is 6.61 Å². The number of carbonyl (C=O) groups is 2. The van der Waals surface area contributed by atoms with E-state index in [1.54, 1.807) is 17.4 Å². The van der Waals surface area contributed by atoms with Gasteiger partial charge in [-0.1, -0.05) is 6.07 Å². The summed E-state index contributed by atoms with van der Waals surface area (Å²) in [5.41, 5.74) is 2.58. The van der Waals surface area contributed by atoms with Gasteiger partial charge in [0.2, 0.25) is 5.91 Å². The maximum Gasteiger partial charge on any atom is 0.262 e. The number of thiophene rings is 1. The van der Waals surface area contributed by atoms with Gasteiger partial charge in [-0.3, -0.25) is 9.59 Å². The Morgan fingerprint density at radius 2 is 2.24 bits per heavy atom. The molecule has 1 aromatic heterocycles. The molecule has 0 bridgehead atoms. The van der Waals surface area contributed by atoms with Crippen molar-refractivity contribution in [2.75, 3.05) is 11.9 Å². The van der Waals surface area contributed by atoms with E-state index in [1.807, 2.05) is 29.0 Å². The second-order valence-corrected chi connectivity index (χ2v) is 5.53. The number of fused-ring (bicyclic) bond motifs is 1. The molecule has 1 aromatic carbocycles. The van der Waals surface area contributed by atoms with Gasteiger partial charge in [0.25, 0.3) is 5.91 Å². The summed E-state index contributed by atoms with van der Waals surface area (Å²) in [7, 11) is 0. The monoisotopic (exact) mass is 302 g/mol. The van der Waals surface area contributed by atoms with Gasteiger partial charge in [0.1, 0.15) is 5.75 Å². The summed E-state index contributed by atoms with van der Waals surface area (Å²) >= 11 is 1.58. The molecule has 2 aromatic rings. The summed E-state index contributed by atoms with van der Waals surface area (Å²) in [5, 5.41) is 9.53. The van der Waals surface area contributed by atoms with Gasteiger partial charge < -0.3 is 15.4 Å². The van der Waals surface area contributed by atoms with Gasteiger partial charge in [-0.2, -0.15) is 11.3 Å². The van der Waals surface area contributed by atoms with Crippen LogP contribution in [-0.2, 0) is 22.6 Å². The first-order valence-electron chi connectivity index (χ1n) is 6.54. The van der Waals surface area contributed by atoms with Crippen molar-refractivity contribution in [1.82, 2.24) is 5.32 Å². The van der Waals surface area contributed by atoms with Crippen LogP contribution in [0.2, 0.25) is 0 Å². The van der Waals surface area contributed by atoms with Crippen molar-refractivity contribution in [3.05, 3.63) is 46.2 Å². The molecular weight excluding hydrogens is 288 g/mol. The summed E-state index contributed by atoms with van der Waals surface area (Å²) in [6, 6.07) is 7.43. The molecule has 6 heteroatoms. The Labute approximate surface area is 125 Å². The lowest BCUT2D eigenvalue weighted by atomic mass is 10.1. The maximum absolute atomic E-state index is 11.8. The van der Waals surface area contributed by atoms with Gasteiger partial charge in [-0.25, -0.2) is 0 Å². The van der Waals surface area contributed by atoms with E-state index in [0.29, 0.717) is 24.4 Å². The highest BCUT2D eigenvalue weighted by Crippen LogP contribution is 2.28. The highest BCUT2D eigenvalue weighted by Gasteiger charge is 2.15. The maximum atomic E-state index is 11.8. The van der Waals surface area contributed by atoms with Crippen molar-refractivity contribution in [2.45, 2.75) is 13.0 Å². The fourth-order valence-electron chi connectivity index (χ4n) is 2.08. The molecule has 1 aliphatic rings. The lowest BCUT2D eigenvalue weighted by molar-refractivity contribution is -0.120. The third-order valence-corrected chi connectivity index (χ3v) is 3.84. The number of amides is 2. The summed E-state index contributed by atoms with van der Waals surface area (Å²) in [5.74, 6) is 0.468. The third kappa shape index (κ3) is 3.41. The molecular formula is C15H14N2O3S. The SMILES string of the molecule is O=C(Cc1ccsc1)NCc1ccc2c(c1)NC(=O)CO2. The van der Waals surface area contributed by atoms with Crippen LogP contribution < -0.4 is 15.4 Å². The van der Waals surface area contributed by atoms with E-state index in [-0.39, 0.29) is 18.4 Å². The Kier molecular flexibility index (Phi) is 3.87. The predicted molar refractivity (Wildman–Crippen MR) is 80.4 cm³/mol. The molecule has 3 rings (SSSR count). The zero-order valence-electron chi connectivity index (χ0n) is 11.2. The molecule has 108 valence electrons. The standard InChI is InChI=1S/C15H14N2O3S/c18-14(6-11-3-4-21-9-11)16-7-10-1-2-13-12(5-10)17-15(19)8-20-13/h1-5,9H,6-8H2,(H,16,18)(H,17,19). The molecule has 0 spiro atoms. The van der Waals surface area contributed by atoms with Crippen molar-refractivity contribution in [3.8, 4) is 5.75 Å². The molecule has 2 heterocycles. The fraction of sp³-hybridized carbons (Fsp3) is 0.200. The Hall–Kier alpha value is -2.34. The quantitative estimate of drug-likeness (QED) is 0.907. The van der Waals surface area contributed by atoms with Crippen LogP contribution in [0.5, 0.6) is 5.75 Å². The number of benzene rings is 1. The molecule has 5 nitrogen and oxygen atoms in total. The number of rotatable bonds is 4. The van der Waals surface area contributed by atoms with Crippen LogP contribution in [0.25, 0.3) is 0 Å². The highest BCUT2D eigenvalue weighted by molar-refractivity contribution is 7.08. The molecule has 1 aliphatic heterocycles. The number of hydrogen-bond acceptors (Lipinski definition) is 4. The topological polar surface area (TPSA) is 67.4 Å². The van der Waals surface area contributed by atoms with E-state index in [1.165, 1.54) is 0 Å². The summed E-state index contributed by atoms with van der Waals surface area (Å²) < 4.78 is 5.29. The smallest absolute Gasteiger partial charge is 0.262 e. The van der Waals surface area contributed by atoms with Crippen molar-refractivity contribution in [3.63, 3.8) is 0 Å². The number of nitrogens with one attached hydrogen (secondary N) is 2. The summed E-state index contributed by atoms with van der Waals surface area (Å²) in [6.45, 7) is 0.468. The second-order valence-electron chi connectivity index (χ2n) is 4.75. The van der Waals surface area contributed by atoms with Crippen molar-refractivity contribution < 1.29 is 14.3 Å². The van der Waals surface area contributed by atoms with Crippen molar-refractivity contribution >= 4 is 28.8 Å². The molecule has 2 N–H and O–H groups in total. The van der Waals surface area contributed by atoms with Crippen LogP contribution in [0.1, 0.15) is 11.1 Å². The van der Waals surface area contributed by atoms with Gasteiger partial charge in [-0.05, 0) is 40.1 Å². The Morgan fingerprint density at radius 3 is 3.05 bits per heavy atom. The highest BCUT2D eigenvalue weighted by atomic mass is 32.1. The third-order valence-electron chi connectivity index (χ3n) is 3.11. The van der Waals surface area contributed by atoms with E-state index in [9.17, 15) is 9.59 Å². The van der Waals surface area contributed by atoms with Gasteiger partial charge in [0.05, 0.1) is 12.1 Å². The lowest BCUT2D eigenvalue weighted by Crippen LogP contribution is -2.26. The van der Waals surface area contributed by atoms with Gasteiger partial charge >= 0.3 is 0 Å². The molecule has 0 radical (unpaired) electrons. The number of hydrogen-bond donors (Lipinski definition) is 2. The average molecular weight is 302 g/mol. The first kappa shape index (κ1) is 13.6. The molecule has 2 amide bonds. The summed E-state index contributed by atoms with van der Waals surface area (Å²) in [6.07, 6.45) is 0.383. The van der Waals surface area contributed by atoms with E-state index in [0.717, 1.165) is 11.1 Å². The van der Waals surface area contributed by atoms with Gasteiger partial charge in [-0.15, -0.1) is 0 Å². The first-order chi connectivity index (χ1) is 10.2. The summed E-state index contributed by atoms with van der Waals surface area (Å²) in [4.78, 5) is 23.1. The molecule has 0 aliphatic carbocycles. The van der Waals surface area contributed by atoms with Crippen molar-refractivity contribution in [2.24, 2.45) is 0 Å². The van der Waals surface area contributed by atoms with Crippen LogP contribution in [0.3, 0.4) is 0 Å². The van der Waals surface area contributed by atoms with Crippen LogP contribution >= 0.6 is 11.3 Å². The molecule has 0 saturated carbocycles. The minimum Gasteiger partial charge on any atom is -0.482 e. The van der Waals surface area contributed by atoms with E-state index < -0.39 is 0 Å². The normalized spacial score (nSPS) is 13.0. The van der Waals surface area contributed by atoms with E-state index in [2.05, 4.69) is 10.6 Å². The van der Waals surface area contributed by atoms with E-state index in [4.69, 9.17) is 4.74 Å².